The number of rotatable bonds is 38. The van der Waals surface area contributed by atoms with Crippen molar-refractivity contribution in [2.75, 3.05) is 19.8 Å². The fourth-order valence-corrected chi connectivity index (χ4v) is 5.91. The molecule has 13 heteroatoms. The van der Waals surface area contributed by atoms with Gasteiger partial charge in [0.1, 0.15) is 12.6 Å². The number of carbonyl (C=O) groups excluding carboxylic acids is 2. The molecule has 0 rings (SSSR count). The van der Waals surface area contributed by atoms with Gasteiger partial charge in [-0.2, -0.15) is 0 Å². The van der Waals surface area contributed by atoms with Crippen molar-refractivity contribution >= 4 is 25.7 Å². The Bertz CT molecular complexity index is 1000. The quantitative estimate of drug-likeness (QED) is 0.0171. The fourth-order valence-electron chi connectivity index (χ4n) is 5.56. The van der Waals surface area contributed by atoms with Crippen LogP contribution in [0.15, 0.2) is 24.3 Å². The zero-order valence-corrected chi connectivity index (χ0v) is 35.4. The second-order valence-electron chi connectivity index (χ2n) is 14.4. The first kappa shape index (κ1) is 55.0. The minimum atomic E-state index is -4.60. The van der Waals surface area contributed by atoms with E-state index in [9.17, 15) is 24.1 Å². The minimum Gasteiger partial charge on any atom is -0.480 e. The number of carbonyl (C=O) groups is 3. The maximum absolute atomic E-state index is 12.1. The number of phosphoric acid groups is 1. The lowest BCUT2D eigenvalue weighted by atomic mass is 10.1. The molecular weight excluding hydrogens is 725 g/mol. The third-order valence-electron chi connectivity index (χ3n) is 8.96. The van der Waals surface area contributed by atoms with Gasteiger partial charge in [-0.15, -0.1) is 0 Å². The van der Waals surface area contributed by atoms with Crippen LogP contribution in [0.5, 0.6) is 0 Å². The highest BCUT2D eigenvalue weighted by Gasteiger charge is 2.19. The molecular formula is C42H80NO11P. The van der Waals surface area contributed by atoms with Crippen LogP contribution in [0.1, 0.15) is 194 Å². The first-order chi connectivity index (χ1) is 26.5. The van der Waals surface area contributed by atoms with Crippen molar-refractivity contribution < 1.29 is 52.9 Å². The number of carboxylic acids is 1. The van der Waals surface area contributed by atoms with E-state index in [0.29, 0.717) is 12.8 Å². The van der Waals surface area contributed by atoms with Crippen molar-refractivity contribution in [1.29, 1.82) is 0 Å². The number of phosphoric ester groups is 1. The molecule has 0 bridgehead atoms. The van der Waals surface area contributed by atoms with Gasteiger partial charge in [-0.25, -0.2) is 4.57 Å². The van der Waals surface area contributed by atoms with Crippen molar-refractivity contribution in [3.8, 4) is 0 Å². The lowest BCUT2D eigenvalue weighted by molar-refractivity contribution is -0.161. The zero-order chi connectivity index (χ0) is 41.3. The molecule has 12 nitrogen and oxygen atoms in total. The summed E-state index contributed by atoms with van der Waals surface area (Å²) in [6.07, 6.45) is 40.9. The minimum absolute atomic E-state index is 0.0709. The zero-order valence-electron chi connectivity index (χ0n) is 34.6. The number of aliphatic carboxylic acids is 1. The monoisotopic (exact) mass is 806 g/mol. The van der Waals surface area contributed by atoms with Gasteiger partial charge in [-0.05, 0) is 64.2 Å². The van der Waals surface area contributed by atoms with Gasteiger partial charge < -0.3 is 35.2 Å². The molecule has 2 atom stereocenters. The van der Waals surface area contributed by atoms with Crippen LogP contribution in [0.4, 0.5) is 0 Å². The highest BCUT2D eigenvalue weighted by Crippen LogP contribution is 2.35. The third-order valence-corrected chi connectivity index (χ3v) is 9.44. The van der Waals surface area contributed by atoms with Gasteiger partial charge in [0.05, 0.1) is 13.2 Å². The van der Waals surface area contributed by atoms with E-state index in [4.69, 9.17) is 30.1 Å². The van der Waals surface area contributed by atoms with Crippen molar-refractivity contribution in [3.05, 3.63) is 24.3 Å². The predicted octanol–water partition coefficient (Wildman–Crippen LogP) is 10.0. The van der Waals surface area contributed by atoms with Crippen LogP contribution in [0.3, 0.4) is 0 Å². The molecule has 0 fully saturated rings. The van der Waals surface area contributed by atoms with E-state index in [1.807, 2.05) is 0 Å². The van der Waals surface area contributed by atoms with Crippen LogP contribution in [0.2, 0.25) is 0 Å². The molecule has 0 saturated carbocycles. The van der Waals surface area contributed by atoms with E-state index >= 15 is 0 Å². The van der Waals surface area contributed by atoms with E-state index in [-0.39, 0.29) is 25.2 Å². The Hall–Kier alpha value is -2.08. The second kappa shape index (κ2) is 41.6. The lowest BCUT2D eigenvalue weighted by Gasteiger charge is -2.15. The number of carboxylic acid groups (broad SMARTS) is 1. The highest BCUT2D eigenvalue weighted by atomic mass is 31.2. The highest BCUT2D eigenvalue weighted by molar-refractivity contribution is 7.46. The third kappa shape index (κ3) is 46.2. The van der Waals surface area contributed by atoms with E-state index in [1.165, 1.54) is 116 Å². The van der Waals surface area contributed by atoms with Gasteiger partial charge in [0.25, 0.3) is 0 Å². The number of allylic oxidation sites excluding steroid dienone is 4. The molecule has 0 aromatic carbocycles. The molecule has 0 amide bonds. The summed E-state index contributed by atoms with van der Waals surface area (Å²) in [7, 11) is -4.60. The van der Waals surface area contributed by atoms with Crippen molar-refractivity contribution in [2.45, 2.75) is 206 Å². The molecule has 6 N–H and O–H groups in total. The Morgan fingerprint density at radius 1 is 0.582 bits per heavy atom. The van der Waals surface area contributed by atoms with Crippen LogP contribution in [0.25, 0.3) is 0 Å². The first-order valence-corrected chi connectivity index (χ1v) is 22.9. The summed E-state index contributed by atoms with van der Waals surface area (Å²) >= 11 is 0. The van der Waals surface area contributed by atoms with E-state index in [0.717, 1.165) is 51.4 Å². The molecule has 0 heterocycles. The number of aliphatic hydroxyl groups excluding tert-OH is 1. The maximum Gasteiger partial charge on any atom is 0.469 e. The molecule has 0 saturated heterocycles. The largest absolute Gasteiger partial charge is 0.480 e. The van der Waals surface area contributed by atoms with Gasteiger partial charge in [0.15, 0.2) is 6.10 Å². The molecule has 0 aliphatic rings. The van der Waals surface area contributed by atoms with E-state index < -0.39 is 32.5 Å². The molecule has 324 valence electrons. The molecule has 0 radical (unpaired) electrons. The summed E-state index contributed by atoms with van der Waals surface area (Å²) in [5.74, 6) is -1.98. The summed E-state index contributed by atoms with van der Waals surface area (Å²) in [5, 5.41) is 17.7. The van der Waals surface area contributed by atoms with Gasteiger partial charge in [0, 0.05) is 12.8 Å². The van der Waals surface area contributed by atoms with Crippen LogP contribution in [-0.4, -0.2) is 69.9 Å². The number of esters is 2. The van der Waals surface area contributed by atoms with Gasteiger partial charge in [-0.3, -0.25) is 18.9 Å². The second-order valence-corrected chi connectivity index (χ2v) is 15.6. The van der Waals surface area contributed by atoms with Crippen LogP contribution in [0, 0.1) is 0 Å². The van der Waals surface area contributed by atoms with Gasteiger partial charge in [0.2, 0.25) is 0 Å². The van der Waals surface area contributed by atoms with Gasteiger partial charge >= 0.3 is 25.7 Å². The number of hydrogen-bond donors (Lipinski definition) is 5. The summed E-state index contributed by atoms with van der Waals surface area (Å²) in [6, 6.07) is -1.41. The molecule has 0 spiro atoms. The molecule has 0 aliphatic heterocycles. The van der Waals surface area contributed by atoms with Crippen molar-refractivity contribution in [2.24, 2.45) is 5.73 Å². The number of hydrogen-bond acceptors (Lipinski definition) is 9. The van der Waals surface area contributed by atoms with E-state index in [2.05, 4.69) is 42.7 Å². The predicted molar refractivity (Wildman–Crippen MR) is 220 cm³/mol. The van der Waals surface area contributed by atoms with E-state index in [1.54, 1.807) is 0 Å². The van der Waals surface area contributed by atoms with Crippen LogP contribution in [-0.2, 0) is 32.9 Å². The lowest BCUT2D eigenvalue weighted by Crippen LogP contribution is -2.34. The Kier molecular flexibility index (Phi) is 41.6. The van der Waals surface area contributed by atoms with Gasteiger partial charge in [-0.1, -0.05) is 141 Å². The van der Waals surface area contributed by atoms with Crippen LogP contribution >= 0.6 is 7.82 Å². The summed E-state index contributed by atoms with van der Waals surface area (Å²) < 4.78 is 24.4. The molecule has 0 aromatic heterocycles. The fraction of sp³-hybridized carbons (Fsp3) is 0.833. The number of unbranched alkanes of at least 4 members (excludes halogenated alkanes) is 22. The normalized spacial score (nSPS) is 12.8. The molecule has 0 aliphatic carbocycles. The topological polar surface area (TPSA) is 203 Å². The Labute approximate surface area is 333 Å². The standard InChI is InChI=1S/C39H72O5.C3H8NO6P/c1-3-5-7-9-11-13-15-17-19-21-23-25-27-29-31-33-38(41)43-36-37(35-40)44-39(42)34-32-30-28-26-24-22-20-18-16-14-12-10-8-6-4-2;4-2(3(5)6)1-10-11(7,8)9/h17-20,37,40H,3-16,21-36H2,1-2H3;2H,1,4H2,(H,5,6)(H2,7,8,9)/b19-17-,20-18-;. The SMILES string of the molecule is CCCCCCCC/C=C\CCCCCCCC(=O)OCC(CO)OC(=O)CCCCCCC/C=C\CCCCCCCC.NC(COP(=O)(O)O)C(=O)O. The van der Waals surface area contributed by atoms with Crippen molar-refractivity contribution in [3.63, 3.8) is 0 Å². The molecule has 2 unspecified atom stereocenters. The average Bonchev–Trinajstić information content (AvgIpc) is 3.15. The Balaban J connectivity index is 0. The average molecular weight is 806 g/mol. The summed E-state index contributed by atoms with van der Waals surface area (Å²) in [4.78, 5) is 50.3. The maximum atomic E-state index is 12.1. The van der Waals surface area contributed by atoms with Crippen LogP contribution < -0.4 is 5.73 Å². The Morgan fingerprint density at radius 3 is 1.31 bits per heavy atom. The first-order valence-electron chi connectivity index (χ1n) is 21.4. The number of ether oxygens (including phenoxy) is 2. The molecule has 55 heavy (non-hydrogen) atoms. The molecule has 0 aromatic rings. The smallest absolute Gasteiger partial charge is 0.469 e. The Morgan fingerprint density at radius 2 is 0.945 bits per heavy atom. The summed E-state index contributed by atoms with van der Waals surface area (Å²) in [6.45, 7) is 3.40. The summed E-state index contributed by atoms with van der Waals surface area (Å²) in [5.41, 5.74) is 4.86. The van der Waals surface area contributed by atoms with Crippen molar-refractivity contribution in [1.82, 2.24) is 0 Å². The number of aliphatic hydroxyl groups is 1. The number of nitrogens with two attached hydrogens (primary N) is 1.